The van der Waals surface area contributed by atoms with Gasteiger partial charge in [0.1, 0.15) is 0 Å². The zero-order valence-corrected chi connectivity index (χ0v) is 18.2. The van der Waals surface area contributed by atoms with E-state index >= 15 is 0 Å². The highest BCUT2D eigenvalue weighted by atomic mass is 19.1. The Morgan fingerprint density at radius 3 is 2.85 bits per heavy atom. The van der Waals surface area contributed by atoms with Gasteiger partial charge in [-0.2, -0.15) is 10.1 Å². The number of aryl methyl sites for hydroxylation is 2. The molecule has 1 amide bonds. The minimum Gasteiger partial charge on any atom is -0.377 e. The van der Waals surface area contributed by atoms with Crippen molar-refractivity contribution >= 4 is 34.1 Å². The van der Waals surface area contributed by atoms with E-state index in [0.29, 0.717) is 18.9 Å². The number of nitrogens with zero attached hydrogens (tertiary/aromatic N) is 5. The summed E-state index contributed by atoms with van der Waals surface area (Å²) >= 11 is 0. The lowest BCUT2D eigenvalue weighted by Crippen LogP contribution is -2.30. The zero-order valence-electron chi connectivity index (χ0n) is 18.2. The van der Waals surface area contributed by atoms with Crippen LogP contribution in [0.15, 0.2) is 49.4 Å². The van der Waals surface area contributed by atoms with Gasteiger partial charge >= 0.3 is 0 Å². The Morgan fingerprint density at radius 2 is 2.12 bits per heavy atom. The number of carbonyl (C=O) groups is 1. The average molecular weight is 447 g/mol. The van der Waals surface area contributed by atoms with Gasteiger partial charge in [0.2, 0.25) is 11.9 Å². The van der Waals surface area contributed by atoms with E-state index in [-0.39, 0.29) is 23.7 Å². The molecule has 0 radical (unpaired) electrons. The van der Waals surface area contributed by atoms with Gasteiger partial charge in [0.15, 0.2) is 11.6 Å². The number of halogens is 1. The molecule has 168 valence electrons. The first-order valence-electron chi connectivity index (χ1n) is 10.4. The van der Waals surface area contributed by atoms with Crippen molar-refractivity contribution in [1.29, 1.82) is 0 Å². The molecule has 0 spiro atoms. The minimum absolute atomic E-state index is 0.117. The molecule has 1 aliphatic rings. The van der Waals surface area contributed by atoms with Crippen molar-refractivity contribution in [2.45, 2.75) is 19.9 Å². The van der Waals surface area contributed by atoms with Crippen LogP contribution in [0.25, 0.3) is 16.7 Å². The van der Waals surface area contributed by atoms with Crippen molar-refractivity contribution in [2.24, 2.45) is 0 Å². The molecule has 1 fully saturated rings. The number of hydrogen-bond donors (Lipinski definition) is 2. The van der Waals surface area contributed by atoms with Crippen molar-refractivity contribution in [2.75, 3.05) is 23.8 Å². The SMILES string of the molecule is C=CC(=O)Nc1ccc2c(c1)c(C)cn2-c1nc(Nc2cn(C3COC3)nc2C)ncc1F. The van der Waals surface area contributed by atoms with Gasteiger partial charge in [-0.25, -0.2) is 9.37 Å². The summed E-state index contributed by atoms with van der Waals surface area (Å²) in [5, 5.41) is 11.3. The van der Waals surface area contributed by atoms with Gasteiger partial charge in [-0.3, -0.25) is 14.0 Å². The summed E-state index contributed by atoms with van der Waals surface area (Å²) in [6.45, 7) is 8.53. The molecule has 0 saturated carbocycles. The largest absolute Gasteiger partial charge is 0.377 e. The van der Waals surface area contributed by atoms with Crippen molar-refractivity contribution in [3.8, 4) is 5.82 Å². The second-order valence-corrected chi connectivity index (χ2v) is 7.90. The third kappa shape index (κ3) is 3.85. The van der Waals surface area contributed by atoms with E-state index < -0.39 is 5.82 Å². The lowest BCUT2D eigenvalue weighted by atomic mass is 10.2. The topological polar surface area (TPSA) is 98.9 Å². The standard InChI is InChI=1S/C23H22FN7O2/c1-4-21(32)26-15-5-6-20-17(7-15)13(2)9-30(20)22-18(24)8-25-23(28-22)27-19-10-31(29-14(19)3)16-11-33-12-16/h4-10,16H,1,11-12H2,2-3H3,(H,26,32)(H,25,27,28). The molecule has 0 bridgehead atoms. The van der Waals surface area contributed by atoms with E-state index in [1.54, 1.807) is 16.8 Å². The van der Waals surface area contributed by atoms with Crippen molar-refractivity contribution < 1.29 is 13.9 Å². The van der Waals surface area contributed by atoms with E-state index in [1.165, 1.54) is 6.08 Å². The molecule has 1 aliphatic heterocycles. The van der Waals surface area contributed by atoms with Crippen molar-refractivity contribution in [1.82, 2.24) is 24.3 Å². The predicted molar refractivity (Wildman–Crippen MR) is 122 cm³/mol. The average Bonchev–Trinajstić information content (AvgIpc) is 3.27. The Balaban J connectivity index is 1.48. The normalized spacial score (nSPS) is 13.7. The molecule has 5 rings (SSSR count). The third-order valence-electron chi connectivity index (χ3n) is 5.57. The van der Waals surface area contributed by atoms with Gasteiger partial charge in [-0.15, -0.1) is 0 Å². The van der Waals surface area contributed by atoms with Gasteiger partial charge in [0.05, 0.1) is 42.4 Å². The number of anilines is 3. The number of amides is 1. The van der Waals surface area contributed by atoms with Crippen LogP contribution >= 0.6 is 0 Å². The summed E-state index contributed by atoms with van der Waals surface area (Å²) in [7, 11) is 0. The Bertz CT molecular complexity index is 1390. The number of ether oxygens (including phenoxy) is 1. The fourth-order valence-electron chi connectivity index (χ4n) is 3.72. The maximum absolute atomic E-state index is 14.8. The highest BCUT2D eigenvalue weighted by molar-refractivity contribution is 6.00. The Kier molecular flexibility index (Phi) is 5.14. The number of rotatable bonds is 6. The zero-order chi connectivity index (χ0) is 23.1. The molecular weight excluding hydrogens is 425 g/mol. The second kappa shape index (κ2) is 8.14. The number of hydrogen-bond acceptors (Lipinski definition) is 6. The van der Waals surface area contributed by atoms with Crippen LogP contribution in [0.1, 0.15) is 17.3 Å². The molecule has 2 N–H and O–H groups in total. The maximum atomic E-state index is 14.8. The number of aromatic nitrogens is 5. The molecule has 0 unspecified atom stereocenters. The maximum Gasteiger partial charge on any atom is 0.247 e. The molecule has 1 saturated heterocycles. The lowest BCUT2D eigenvalue weighted by molar-refractivity contribution is -0.111. The first-order chi connectivity index (χ1) is 15.9. The Morgan fingerprint density at radius 1 is 1.30 bits per heavy atom. The van der Waals surface area contributed by atoms with Gasteiger partial charge in [-0.05, 0) is 43.7 Å². The molecule has 0 aliphatic carbocycles. The van der Waals surface area contributed by atoms with Crippen molar-refractivity contribution in [3.05, 3.63) is 66.5 Å². The predicted octanol–water partition coefficient (Wildman–Crippen LogP) is 3.81. The second-order valence-electron chi connectivity index (χ2n) is 7.90. The van der Waals surface area contributed by atoms with E-state index in [9.17, 15) is 9.18 Å². The molecule has 10 heteroatoms. The third-order valence-corrected chi connectivity index (χ3v) is 5.57. The smallest absolute Gasteiger partial charge is 0.247 e. The fourth-order valence-corrected chi connectivity index (χ4v) is 3.72. The van der Waals surface area contributed by atoms with E-state index in [4.69, 9.17) is 4.74 Å². The summed E-state index contributed by atoms with van der Waals surface area (Å²) in [6, 6.07) is 5.62. The van der Waals surface area contributed by atoms with E-state index in [1.807, 2.05) is 36.9 Å². The van der Waals surface area contributed by atoms with E-state index in [2.05, 4.69) is 32.3 Å². The minimum atomic E-state index is -0.555. The van der Waals surface area contributed by atoms with Crippen LogP contribution in [0.3, 0.4) is 0 Å². The van der Waals surface area contributed by atoms with Gasteiger partial charge in [-0.1, -0.05) is 6.58 Å². The summed E-state index contributed by atoms with van der Waals surface area (Å²) in [5.74, 6) is -0.479. The van der Waals surface area contributed by atoms with Crippen LogP contribution in [-0.4, -0.2) is 43.4 Å². The van der Waals surface area contributed by atoms with Crippen molar-refractivity contribution in [3.63, 3.8) is 0 Å². The molecule has 9 nitrogen and oxygen atoms in total. The first kappa shape index (κ1) is 20.8. The summed E-state index contributed by atoms with van der Waals surface area (Å²) in [6.07, 6.45) is 6.03. The fraction of sp³-hybridized carbons (Fsp3) is 0.217. The molecule has 33 heavy (non-hydrogen) atoms. The highest BCUT2D eigenvalue weighted by Crippen LogP contribution is 2.29. The molecule has 4 heterocycles. The van der Waals surface area contributed by atoms with Gasteiger partial charge < -0.3 is 15.4 Å². The highest BCUT2D eigenvalue weighted by Gasteiger charge is 2.22. The van der Waals surface area contributed by atoms with Crippen LogP contribution in [0, 0.1) is 19.7 Å². The lowest BCUT2D eigenvalue weighted by Gasteiger charge is -2.25. The van der Waals surface area contributed by atoms with E-state index in [0.717, 1.165) is 34.0 Å². The molecule has 0 atom stereocenters. The van der Waals surface area contributed by atoms with Crippen LogP contribution < -0.4 is 10.6 Å². The number of fused-ring (bicyclic) bond motifs is 1. The molecule has 1 aromatic carbocycles. The van der Waals surface area contributed by atoms with Crippen LogP contribution in [0.5, 0.6) is 0 Å². The summed E-state index contributed by atoms with van der Waals surface area (Å²) < 4.78 is 23.6. The molecule has 3 aromatic heterocycles. The first-order valence-corrected chi connectivity index (χ1v) is 10.4. The number of carbonyl (C=O) groups excluding carboxylic acids is 1. The van der Waals surface area contributed by atoms with Crippen LogP contribution in [0.4, 0.5) is 21.7 Å². The quantitative estimate of drug-likeness (QED) is 0.436. The summed E-state index contributed by atoms with van der Waals surface area (Å²) in [4.78, 5) is 20.2. The van der Waals surface area contributed by atoms with Gasteiger partial charge in [0, 0.05) is 23.5 Å². The molecular formula is C23H22FN7O2. The Labute approximate surface area is 188 Å². The number of benzene rings is 1. The number of nitrogens with one attached hydrogen (secondary N) is 2. The van der Waals surface area contributed by atoms with Crippen LogP contribution in [0.2, 0.25) is 0 Å². The van der Waals surface area contributed by atoms with Gasteiger partial charge in [0.25, 0.3) is 0 Å². The Hall–Kier alpha value is -4.05. The molecule has 4 aromatic rings. The van der Waals surface area contributed by atoms with Crippen LogP contribution in [-0.2, 0) is 9.53 Å². The monoisotopic (exact) mass is 447 g/mol. The summed E-state index contributed by atoms with van der Waals surface area (Å²) in [5.41, 5.74) is 3.82.